The van der Waals surface area contributed by atoms with Gasteiger partial charge in [-0.15, -0.1) is 0 Å². The highest BCUT2D eigenvalue weighted by molar-refractivity contribution is 5.85. The van der Waals surface area contributed by atoms with Crippen LogP contribution in [0.3, 0.4) is 0 Å². The Morgan fingerprint density at radius 2 is 2.00 bits per heavy atom. The number of nitrogens with zero attached hydrogens (tertiary/aromatic N) is 3. The van der Waals surface area contributed by atoms with Gasteiger partial charge in [0.1, 0.15) is 12.4 Å². The van der Waals surface area contributed by atoms with Gasteiger partial charge in [0, 0.05) is 20.1 Å². The summed E-state index contributed by atoms with van der Waals surface area (Å²) in [5.74, 6) is 1.71. The first-order chi connectivity index (χ1) is 9.67. The van der Waals surface area contributed by atoms with Gasteiger partial charge in [0.25, 0.3) is 0 Å². The Hall–Kier alpha value is -2.05. The molecule has 1 atom stereocenters. The predicted octanol–water partition coefficient (Wildman–Crippen LogP) is 0.950. The molecule has 0 aromatic carbocycles. The normalized spacial score (nSPS) is 15.8. The fourth-order valence-corrected chi connectivity index (χ4v) is 2.33. The van der Waals surface area contributed by atoms with Crippen LogP contribution in [-0.2, 0) is 4.79 Å². The van der Waals surface area contributed by atoms with E-state index in [2.05, 4.69) is 20.6 Å². The Balaban J connectivity index is 2.10. The second-order valence-corrected chi connectivity index (χ2v) is 4.75. The van der Waals surface area contributed by atoms with Crippen molar-refractivity contribution in [2.45, 2.75) is 25.8 Å². The van der Waals surface area contributed by atoms with Crippen molar-refractivity contribution in [3.05, 3.63) is 6.33 Å². The van der Waals surface area contributed by atoms with Gasteiger partial charge in [0.2, 0.25) is 11.7 Å². The summed E-state index contributed by atoms with van der Waals surface area (Å²) in [5, 5.41) is 6.04. The molecule has 2 rings (SSSR count). The standard InChI is InChI=1S/C13H21N5O2/c1-9(13(19)18-6-4-5-7-18)17-12-10(20-3)11(14-2)15-8-16-12/h8-9H,4-7H2,1-3H3,(H2,14,15,16,17). The van der Waals surface area contributed by atoms with Gasteiger partial charge in [-0.05, 0) is 19.8 Å². The molecule has 0 spiro atoms. The van der Waals surface area contributed by atoms with Crippen LogP contribution in [0, 0.1) is 0 Å². The summed E-state index contributed by atoms with van der Waals surface area (Å²) in [4.78, 5) is 22.4. The molecule has 2 N–H and O–H groups in total. The third kappa shape index (κ3) is 2.92. The lowest BCUT2D eigenvalue weighted by atomic mass is 10.3. The first-order valence-corrected chi connectivity index (χ1v) is 6.79. The summed E-state index contributed by atoms with van der Waals surface area (Å²) in [6, 6.07) is -0.346. The molecule has 0 saturated carbocycles. The topological polar surface area (TPSA) is 79.4 Å². The van der Waals surface area contributed by atoms with E-state index >= 15 is 0 Å². The van der Waals surface area contributed by atoms with E-state index in [1.807, 2.05) is 11.8 Å². The molecule has 1 amide bonds. The van der Waals surface area contributed by atoms with Gasteiger partial charge in [-0.1, -0.05) is 0 Å². The van der Waals surface area contributed by atoms with Crippen LogP contribution in [-0.4, -0.2) is 54.1 Å². The van der Waals surface area contributed by atoms with E-state index in [4.69, 9.17) is 4.74 Å². The Labute approximate surface area is 118 Å². The number of carbonyl (C=O) groups is 1. The number of aromatic nitrogens is 2. The third-order valence-corrected chi connectivity index (χ3v) is 3.39. The predicted molar refractivity (Wildman–Crippen MR) is 77.0 cm³/mol. The Morgan fingerprint density at radius 1 is 1.35 bits per heavy atom. The van der Waals surface area contributed by atoms with Crippen LogP contribution in [0.4, 0.5) is 11.6 Å². The lowest BCUT2D eigenvalue weighted by molar-refractivity contribution is -0.130. The Kier molecular flexibility index (Phi) is 4.60. The Morgan fingerprint density at radius 3 is 2.60 bits per heavy atom. The summed E-state index contributed by atoms with van der Waals surface area (Å²) in [5.41, 5.74) is 0. The minimum Gasteiger partial charge on any atom is -0.490 e. The maximum absolute atomic E-state index is 12.3. The van der Waals surface area contributed by atoms with Crippen LogP contribution in [0.5, 0.6) is 5.75 Å². The van der Waals surface area contributed by atoms with Gasteiger partial charge < -0.3 is 20.3 Å². The number of methoxy groups -OCH3 is 1. The number of anilines is 2. The molecular weight excluding hydrogens is 258 g/mol. The quantitative estimate of drug-likeness (QED) is 0.835. The van der Waals surface area contributed by atoms with Crippen molar-refractivity contribution in [3.63, 3.8) is 0 Å². The van der Waals surface area contributed by atoms with Gasteiger partial charge in [0.05, 0.1) is 7.11 Å². The molecule has 1 unspecified atom stereocenters. The molecule has 0 bridgehead atoms. The summed E-state index contributed by atoms with van der Waals surface area (Å²) in [6.07, 6.45) is 3.60. The zero-order valence-electron chi connectivity index (χ0n) is 12.1. The first kappa shape index (κ1) is 14.4. The maximum Gasteiger partial charge on any atom is 0.244 e. The molecule has 7 heteroatoms. The molecule has 1 aromatic heterocycles. The fraction of sp³-hybridized carbons (Fsp3) is 0.615. The first-order valence-electron chi connectivity index (χ1n) is 6.79. The number of likely N-dealkylation sites (tertiary alicyclic amines) is 1. The molecule has 1 aliphatic heterocycles. The van der Waals surface area contributed by atoms with Gasteiger partial charge in [-0.2, -0.15) is 0 Å². The van der Waals surface area contributed by atoms with Crippen molar-refractivity contribution in [2.75, 3.05) is 37.9 Å². The molecule has 2 heterocycles. The van der Waals surface area contributed by atoms with E-state index in [9.17, 15) is 4.79 Å². The molecule has 1 fully saturated rings. The van der Waals surface area contributed by atoms with E-state index in [0.29, 0.717) is 17.4 Å². The van der Waals surface area contributed by atoms with Gasteiger partial charge in [0.15, 0.2) is 11.6 Å². The van der Waals surface area contributed by atoms with Crippen molar-refractivity contribution < 1.29 is 9.53 Å². The lowest BCUT2D eigenvalue weighted by Crippen LogP contribution is -2.39. The molecule has 110 valence electrons. The largest absolute Gasteiger partial charge is 0.490 e. The molecule has 0 radical (unpaired) electrons. The number of hydrogen-bond acceptors (Lipinski definition) is 6. The van der Waals surface area contributed by atoms with Crippen LogP contribution < -0.4 is 15.4 Å². The number of hydrogen-bond donors (Lipinski definition) is 2. The highest BCUT2D eigenvalue weighted by Crippen LogP contribution is 2.29. The van der Waals surface area contributed by atoms with Crippen LogP contribution in [0.15, 0.2) is 6.33 Å². The van der Waals surface area contributed by atoms with Crippen LogP contribution in [0.2, 0.25) is 0 Å². The highest BCUT2D eigenvalue weighted by atomic mass is 16.5. The van der Waals surface area contributed by atoms with Crippen molar-refractivity contribution in [3.8, 4) is 5.75 Å². The SMILES string of the molecule is CNc1ncnc(NC(C)C(=O)N2CCCC2)c1OC. The van der Waals surface area contributed by atoms with Crippen molar-refractivity contribution in [1.29, 1.82) is 0 Å². The number of ether oxygens (including phenoxy) is 1. The molecule has 7 nitrogen and oxygen atoms in total. The molecule has 1 aliphatic rings. The van der Waals surface area contributed by atoms with Gasteiger partial charge in [-0.25, -0.2) is 9.97 Å². The average molecular weight is 279 g/mol. The minimum atomic E-state index is -0.346. The van der Waals surface area contributed by atoms with E-state index in [0.717, 1.165) is 25.9 Å². The summed E-state index contributed by atoms with van der Waals surface area (Å²) < 4.78 is 5.30. The molecule has 1 saturated heterocycles. The minimum absolute atomic E-state index is 0.0918. The fourth-order valence-electron chi connectivity index (χ4n) is 2.33. The van der Waals surface area contributed by atoms with Gasteiger partial charge in [-0.3, -0.25) is 4.79 Å². The van der Waals surface area contributed by atoms with E-state index in [1.54, 1.807) is 14.2 Å². The number of carbonyl (C=O) groups excluding carboxylic acids is 1. The zero-order valence-corrected chi connectivity index (χ0v) is 12.1. The molecular formula is C13H21N5O2. The van der Waals surface area contributed by atoms with E-state index in [-0.39, 0.29) is 11.9 Å². The lowest BCUT2D eigenvalue weighted by Gasteiger charge is -2.22. The summed E-state index contributed by atoms with van der Waals surface area (Å²) in [6.45, 7) is 3.52. The van der Waals surface area contributed by atoms with Crippen LogP contribution in [0.25, 0.3) is 0 Å². The average Bonchev–Trinajstić information content (AvgIpc) is 3.00. The Bertz CT molecular complexity index is 474. The summed E-state index contributed by atoms with van der Waals surface area (Å²) in [7, 11) is 3.31. The highest BCUT2D eigenvalue weighted by Gasteiger charge is 2.24. The third-order valence-electron chi connectivity index (χ3n) is 3.39. The monoisotopic (exact) mass is 279 g/mol. The van der Waals surface area contributed by atoms with Crippen LogP contribution >= 0.6 is 0 Å². The van der Waals surface area contributed by atoms with Crippen LogP contribution in [0.1, 0.15) is 19.8 Å². The van der Waals surface area contributed by atoms with E-state index < -0.39 is 0 Å². The van der Waals surface area contributed by atoms with Crippen molar-refractivity contribution >= 4 is 17.5 Å². The zero-order chi connectivity index (χ0) is 14.5. The van der Waals surface area contributed by atoms with Gasteiger partial charge >= 0.3 is 0 Å². The molecule has 20 heavy (non-hydrogen) atoms. The number of rotatable bonds is 5. The van der Waals surface area contributed by atoms with E-state index in [1.165, 1.54) is 6.33 Å². The van der Waals surface area contributed by atoms with Crippen molar-refractivity contribution in [1.82, 2.24) is 14.9 Å². The smallest absolute Gasteiger partial charge is 0.244 e. The number of amides is 1. The maximum atomic E-state index is 12.3. The second-order valence-electron chi connectivity index (χ2n) is 4.75. The number of nitrogens with one attached hydrogen (secondary N) is 2. The molecule has 1 aromatic rings. The van der Waals surface area contributed by atoms with Crippen molar-refractivity contribution in [2.24, 2.45) is 0 Å². The summed E-state index contributed by atoms with van der Waals surface area (Å²) >= 11 is 0. The molecule has 0 aliphatic carbocycles. The second kappa shape index (κ2) is 6.40.